The minimum atomic E-state index is -3.64. The van der Waals surface area contributed by atoms with Gasteiger partial charge in [0.15, 0.2) is 0 Å². The van der Waals surface area contributed by atoms with Gasteiger partial charge in [-0.2, -0.15) is 0 Å². The lowest BCUT2D eigenvalue weighted by atomic mass is 10.2. The van der Waals surface area contributed by atoms with E-state index in [4.69, 9.17) is 0 Å². The molecule has 0 amide bonds. The van der Waals surface area contributed by atoms with Crippen LogP contribution in [0.15, 0.2) is 55.9 Å². The van der Waals surface area contributed by atoms with E-state index >= 15 is 0 Å². The van der Waals surface area contributed by atoms with Crippen LogP contribution in [0.5, 0.6) is 0 Å². The zero-order chi connectivity index (χ0) is 23.8. The van der Waals surface area contributed by atoms with Gasteiger partial charge in [0, 0.05) is 0 Å². The lowest BCUT2D eigenvalue weighted by Crippen LogP contribution is -2.16. The van der Waals surface area contributed by atoms with Crippen LogP contribution in [0.3, 0.4) is 0 Å². The van der Waals surface area contributed by atoms with Crippen LogP contribution < -0.4 is 0 Å². The van der Waals surface area contributed by atoms with Gasteiger partial charge in [-0.1, -0.05) is 78.6 Å². The van der Waals surface area contributed by atoms with E-state index in [0.717, 1.165) is 34.3 Å². The van der Waals surface area contributed by atoms with Crippen molar-refractivity contribution in [2.24, 2.45) is 0 Å². The second kappa shape index (κ2) is 11.9. The Morgan fingerprint density at radius 1 is 0.818 bits per heavy atom. The van der Waals surface area contributed by atoms with Gasteiger partial charge in [0.25, 0.3) is 10.0 Å². The van der Waals surface area contributed by atoms with Crippen molar-refractivity contribution in [2.75, 3.05) is 11.5 Å². The summed E-state index contributed by atoms with van der Waals surface area (Å²) in [7, 11) is -3.64. The Morgan fingerprint density at radius 3 is 1.73 bits per heavy atom. The number of thioether (sulfide) groups is 6. The van der Waals surface area contributed by atoms with Crippen molar-refractivity contribution in [1.29, 1.82) is 0 Å². The van der Waals surface area contributed by atoms with Crippen LogP contribution in [0.1, 0.15) is 32.3 Å². The first-order valence-electron chi connectivity index (χ1n) is 10.1. The Kier molecular flexibility index (Phi) is 9.93. The number of nitrogens with zero attached hydrogens (tertiary/aromatic N) is 1. The van der Waals surface area contributed by atoms with Gasteiger partial charge in [-0.25, -0.2) is 12.4 Å². The van der Waals surface area contributed by atoms with Crippen LogP contribution in [0.4, 0.5) is 0 Å². The molecule has 0 saturated carbocycles. The topological polar surface area (TPSA) is 39.1 Å². The van der Waals surface area contributed by atoms with Gasteiger partial charge in [-0.15, -0.1) is 23.5 Å². The number of halogens is 2. The van der Waals surface area contributed by atoms with E-state index in [1.54, 1.807) is 35.7 Å². The fourth-order valence-electron chi connectivity index (χ4n) is 2.87. The van der Waals surface area contributed by atoms with Gasteiger partial charge >= 0.3 is 0 Å². The van der Waals surface area contributed by atoms with Crippen LogP contribution in [0, 0.1) is 14.3 Å². The Balaban J connectivity index is 1.62. The molecule has 0 radical (unpaired) electrons. The van der Waals surface area contributed by atoms with Crippen LogP contribution in [0.2, 0.25) is 0 Å². The van der Waals surface area contributed by atoms with Gasteiger partial charge in [0.2, 0.25) is 0 Å². The van der Waals surface area contributed by atoms with Gasteiger partial charge in [-0.3, -0.25) is 0 Å². The van der Waals surface area contributed by atoms with Gasteiger partial charge in [0.1, 0.15) is 7.40 Å². The maximum Gasteiger partial charge on any atom is 0.269 e. The third-order valence-electron chi connectivity index (χ3n) is 4.46. The summed E-state index contributed by atoms with van der Waals surface area (Å²) in [6.45, 7) is 6.41. The van der Waals surface area contributed by atoms with E-state index < -0.39 is 10.0 Å². The summed E-state index contributed by atoms with van der Waals surface area (Å²) in [6.07, 6.45) is 2.34. The van der Waals surface area contributed by atoms with E-state index in [-0.39, 0.29) is 0 Å². The third kappa shape index (κ3) is 5.83. The summed E-state index contributed by atoms with van der Waals surface area (Å²) < 4.78 is 35.3. The number of benzene rings is 1. The van der Waals surface area contributed by atoms with E-state index in [1.807, 2.05) is 66.1 Å². The average Bonchev–Trinajstić information content (AvgIpc) is 3.46. The molecule has 0 unspecified atom stereocenters. The van der Waals surface area contributed by atoms with Crippen molar-refractivity contribution in [2.45, 2.75) is 48.3 Å². The van der Waals surface area contributed by atoms with E-state index in [9.17, 15) is 8.42 Å². The average molecular weight is 798 g/mol. The summed E-state index contributed by atoms with van der Waals surface area (Å²) in [6, 6.07) is 7.08. The van der Waals surface area contributed by atoms with Crippen molar-refractivity contribution >= 4 is 126 Å². The zero-order valence-electron chi connectivity index (χ0n) is 18.0. The Morgan fingerprint density at radius 2 is 1.27 bits per heavy atom. The van der Waals surface area contributed by atoms with Crippen molar-refractivity contribution in [1.82, 2.24) is 3.97 Å². The highest BCUT2D eigenvalue weighted by molar-refractivity contribution is 14.1. The largest absolute Gasteiger partial charge is 0.269 e. The monoisotopic (exact) mass is 797 g/mol. The summed E-state index contributed by atoms with van der Waals surface area (Å²) >= 11 is 15.5. The first-order valence-corrected chi connectivity index (χ1v) is 19.0. The molecule has 2 aliphatic rings. The van der Waals surface area contributed by atoms with Gasteiger partial charge in [0.05, 0.1) is 31.6 Å². The first-order chi connectivity index (χ1) is 15.8. The number of fused-ring (bicyclic) bond motifs is 1. The molecule has 12 heteroatoms. The van der Waals surface area contributed by atoms with Crippen LogP contribution in [-0.2, 0) is 10.0 Å². The smallest absolute Gasteiger partial charge is 0.220 e. The number of aryl methyl sites for hydroxylation is 1. The molecule has 2 aromatic rings. The molecule has 3 heterocycles. The van der Waals surface area contributed by atoms with Gasteiger partial charge in [-0.05, 0) is 88.6 Å². The van der Waals surface area contributed by atoms with Crippen LogP contribution in [-0.4, -0.2) is 23.9 Å². The quantitative estimate of drug-likeness (QED) is 0.245. The van der Waals surface area contributed by atoms with E-state index in [2.05, 4.69) is 59.0 Å². The summed E-state index contributed by atoms with van der Waals surface area (Å²) in [5.74, 6) is 2.28. The predicted molar refractivity (Wildman–Crippen MR) is 170 cm³/mol. The molecule has 1 aromatic carbocycles. The summed E-state index contributed by atoms with van der Waals surface area (Å²) in [4.78, 5) is 2.44. The molecular formula is C21H21I2NO2S7. The highest BCUT2D eigenvalue weighted by Gasteiger charge is 2.36. The number of rotatable bonds is 8. The normalized spacial score (nSPS) is 16.3. The number of aromatic nitrogens is 1. The molecule has 0 aliphatic carbocycles. The lowest BCUT2D eigenvalue weighted by molar-refractivity contribution is 0.585. The Hall–Kier alpha value is 1.49. The second-order valence-electron chi connectivity index (χ2n) is 7.08. The fourth-order valence-corrected chi connectivity index (χ4v) is 16.9. The molecule has 3 nitrogen and oxygen atoms in total. The summed E-state index contributed by atoms with van der Waals surface area (Å²) in [5, 5.41) is 0. The highest BCUT2D eigenvalue weighted by atomic mass is 127. The van der Waals surface area contributed by atoms with Crippen LogP contribution in [0.25, 0.3) is 0 Å². The van der Waals surface area contributed by atoms with E-state index in [1.165, 1.54) is 33.8 Å². The Bertz CT molecular complexity index is 1180. The van der Waals surface area contributed by atoms with Crippen molar-refractivity contribution in [3.63, 3.8) is 0 Å². The predicted octanol–water partition coefficient (Wildman–Crippen LogP) is 9.46. The highest BCUT2D eigenvalue weighted by Crippen LogP contribution is 2.65. The Labute approximate surface area is 249 Å². The van der Waals surface area contributed by atoms with Crippen molar-refractivity contribution < 1.29 is 8.42 Å². The molecule has 0 atom stereocenters. The minimum absolute atomic E-state index is 0.326. The molecule has 0 spiro atoms. The van der Waals surface area contributed by atoms with Crippen molar-refractivity contribution in [3.05, 3.63) is 54.2 Å². The number of hydrogen-bond acceptors (Lipinski definition) is 8. The first kappa shape index (κ1) is 27.5. The molecule has 0 fully saturated rings. The summed E-state index contributed by atoms with van der Waals surface area (Å²) in [5.41, 5.74) is 1.05. The number of hydrogen-bond donors (Lipinski definition) is 0. The molecule has 2 aliphatic heterocycles. The van der Waals surface area contributed by atoms with Gasteiger partial charge < -0.3 is 0 Å². The molecule has 0 bridgehead atoms. The van der Waals surface area contributed by atoms with E-state index in [0.29, 0.717) is 4.90 Å². The molecule has 1 aromatic heterocycles. The maximum atomic E-state index is 13.4. The fraction of sp³-hybridized carbons (Fsp3) is 0.333. The van der Waals surface area contributed by atoms with Crippen molar-refractivity contribution in [3.8, 4) is 0 Å². The zero-order valence-corrected chi connectivity index (χ0v) is 28.0. The maximum absolute atomic E-state index is 13.4. The molecule has 0 saturated heterocycles. The lowest BCUT2D eigenvalue weighted by Gasteiger charge is -2.11. The SMILES string of the molecule is CCCSC1=C(SCCC)SC(=C2Sc3c(c(I)n(S(=O)(=O)c4ccc(C)cc4)c3I)S2)S1. The molecule has 0 N–H and O–H groups in total. The third-order valence-corrected chi connectivity index (χ3v) is 18.7. The molecular weight excluding hydrogens is 777 g/mol. The molecule has 33 heavy (non-hydrogen) atoms. The standard InChI is InChI=1S/C21H21I2NO2S7/c1-4-10-27-18-19(28-11-5-2)32-21(31-18)20-29-14-15(30-20)17(23)24(16(14)22)33(25,26)13-8-6-12(3)7-9-13/h6-9H,4-5,10-11H2,1-3H3. The molecule has 4 rings (SSSR count). The second-order valence-corrected chi connectivity index (χ2v) is 18.2. The van der Waals surface area contributed by atoms with Crippen LogP contribution >= 0.6 is 116 Å². The molecule has 178 valence electrons. The minimum Gasteiger partial charge on any atom is -0.220 e.